The van der Waals surface area contributed by atoms with E-state index < -0.39 is 0 Å². The molecule has 0 radical (unpaired) electrons. The minimum atomic E-state index is 0.383. The molecule has 6 N–H and O–H groups in total. The summed E-state index contributed by atoms with van der Waals surface area (Å²) in [6.45, 7) is 0.383. The van der Waals surface area contributed by atoms with Crippen molar-refractivity contribution in [3.63, 3.8) is 0 Å². The van der Waals surface area contributed by atoms with Crippen LogP contribution in [0, 0.1) is 0 Å². The number of hydrogen-bond acceptors (Lipinski definition) is 6. The minimum Gasteiger partial charge on any atom is -0.398 e. The molecule has 7 nitrogen and oxygen atoms in total. The number of rotatable bonds is 3. The summed E-state index contributed by atoms with van der Waals surface area (Å²) in [5.41, 5.74) is 14.9. The number of nitrogens with two attached hydrogens (primary N) is 2. The van der Waals surface area contributed by atoms with Crippen molar-refractivity contribution in [2.45, 2.75) is 6.54 Å². The third-order valence-corrected chi connectivity index (χ3v) is 3.27. The highest BCUT2D eigenvalue weighted by Crippen LogP contribution is 2.28. The lowest BCUT2D eigenvalue weighted by atomic mass is 10.1. The summed E-state index contributed by atoms with van der Waals surface area (Å²) < 4.78 is 0. The van der Waals surface area contributed by atoms with Gasteiger partial charge in [-0.05, 0) is 12.1 Å². The molecule has 0 aliphatic rings. The van der Waals surface area contributed by atoms with Crippen molar-refractivity contribution < 1.29 is 0 Å². The van der Waals surface area contributed by atoms with Crippen LogP contribution >= 0.6 is 11.6 Å². The van der Waals surface area contributed by atoms with E-state index in [-0.39, 0.29) is 0 Å². The summed E-state index contributed by atoms with van der Waals surface area (Å²) in [6, 6.07) is 3.38. The molecule has 0 bridgehead atoms. The number of imidazole rings is 1. The van der Waals surface area contributed by atoms with Crippen LogP contribution in [-0.2, 0) is 6.54 Å². The largest absolute Gasteiger partial charge is 0.398 e. The van der Waals surface area contributed by atoms with Gasteiger partial charge in [0.25, 0.3) is 0 Å². The number of halogens is 1. The number of aromatic nitrogens is 4. The van der Waals surface area contributed by atoms with Gasteiger partial charge in [-0.2, -0.15) is 4.98 Å². The van der Waals surface area contributed by atoms with Gasteiger partial charge in [0.05, 0.1) is 23.2 Å². The summed E-state index contributed by atoms with van der Waals surface area (Å²) in [5.74, 6) is 0.448. The summed E-state index contributed by atoms with van der Waals surface area (Å²) >= 11 is 5.98. The lowest BCUT2D eigenvalue weighted by Gasteiger charge is -2.11. The molecule has 0 aliphatic heterocycles. The van der Waals surface area contributed by atoms with Gasteiger partial charge in [0.1, 0.15) is 5.52 Å². The Kier molecular flexibility index (Phi) is 3.03. The van der Waals surface area contributed by atoms with Gasteiger partial charge >= 0.3 is 0 Å². The molecule has 2 heterocycles. The molecule has 0 aliphatic carbocycles. The topological polar surface area (TPSA) is 119 Å². The number of benzene rings is 1. The second-order valence-corrected chi connectivity index (χ2v) is 4.62. The smallest absolute Gasteiger partial charge is 0.225 e. The number of fused-ring (bicyclic) bond motifs is 1. The Morgan fingerprint density at radius 3 is 2.95 bits per heavy atom. The Hall–Kier alpha value is -2.54. The van der Waals surface area contributed by atoms with Gasteiger partial charge in [-0.15, -0.1) is 0 Å². The van der Waals surface area contributed by atoms with E-state index in [1.807, 2.05) is 0 Å². The summed E-state index contributed by atoms with van der Waals surface area (Å²) in [7, 11) is 0. The molecule has 0 atom stereocenters. The van der Waals surface area contributed by atoms with Crippen molar-refractivity contribution in [1.29, 1.82) is 0 Å². The van der Waals surface area contributed by atoms with Crippen molar-refractivity contribution in [2.75, 3.05) is 16.8 Å². The molecular weight excluding hydrogens is 278 g/mol. The number of anilines is 3. The highest BCUT2D eigenvalue weighted by Gasteiger charge is 2.09. The van der Waals surface area contributed by atoms with E-state index in [0.29, 0.717) is 34.5 Å². The Morgan fingerprint density at radius 1 is 1.25 bits per heavy atom. The van der Waals surface area contributed by atoms with Gasteiger partial charge in [0, 0.05) is 17.8 Å². The fraction of sp³-hybridized carbons (Fsp3) is 0.0833. The van der Waals surface area contributed by atoms with Crippen LogP contribution in [0.3, 0.4) is 0 Å². The molecule has 102 valence electrons. The molecule has 0 fully saturated rings. The third kappa shape index (κ3) is 2.19. The van der Waals surface area contributed by atoms with Crippen molar-refractivity contribution in [3.8, 4) is 0 Å². The number of H-pyrrole nitrogens is 1. The fourth-order valence-electron chi connectivity index (χ4n) is 1.84. The van der Waals surface area contributed by atoms with Gasteiger partial charge in [-0.1, -0.05) is 11.6 Å². The van der Waals surface area contributed by atoms with Crippen LogP contribution in [-0.4, -0.2) is 19.9 Å². The van der Waals surface area contributed by atoms with Crippen LogP contribution in [0.2, 0.25) is 5.02 Å². The van der Waals surface area contributed by atoms with Crippen LogP contribution in [0.1, 0.15) is 5.56 Å². The maximum absolute atomic E-state index is 5.98. The fourth-order valence-corrected chi connectivity index (χ4v) is 2.02. The second-order valence-electron chi connectivity index (χ2n) is 4.22. The van der Waals surface area contributed by atoms with E-state index in [0.717, 1.165) is 11.1 Å². The average molecular weight is 290 g/mol. The maximum Gasteiger partial charge on any atom is 0.225 e. The predicted molar refractivity (Wildman–Crippen MR) is 79.3 cm³/mol. The van der Waals surface area contributed by atoms with Crippen molar-refractivity contribution in [1.82, 2.24) is 19.9 Å². The summed E-state index contributed by atoms with van der Waals surface area (Å²) in [4.78, 5) is 15.4. The number of aromatic amines is 1. The molecule has 20 heavy (non-hydrogen) atoms. The number of nitrogens with one attached hydrogen (secondary N) is 2. The Morgan fingerprint density at radius 2 is 2.10 bits per heavy atom. The van der Waals surface area contributed by atoms with Crippen molar-refractivity contribution in [2.24, 2.45) is 0 Å². The summed E-state index contributed by atoms with van der Waals surface area (Å²) in [6.07, 6.45) is 3.22. The van der Waals surface area contributed by atoms with E-state index in [9.17, 15) is 0 Å². The third-order valence-electron chi connectivity index (χ3n) is 2.94. The molecule has 0 spiro atoms. The first-order chi connectivity index (χ1) is 9.65. The highest BCUT2D eigenvalue weighted by atomic mass is 35.5. The van der Waals surface area contributed by atoms with E-state index >= 15 is 0 Å². The van der Waals surface area contributed by atoms with E-state index in [2.05, 4.69) is 25.3 Å². The van der Waals surface area contributed by atoms with E-state index in [4.69, 9.17) is 23.1 Å². The molecular formula is C12H12ClN7. The Bertz CT molecular complexity index is 768. The molecule has 2 aromatic heterocycles. The van der Waals surface area contributed by atoms with Crippen molar-refractivity contribution in [3.05, 3.63) is 35.2 Å². The van der Waals surface area contributed by atoms with E-state index in [1.54, 1.807) is 24.7 Å². The zero-order valence-corrected chi connectivity index (χ0v) is 11.1. The first-order valence-corrected chi connectivity index (χ1v) is 6.25. The zero-order chi connectivity index (χ0) is 14.1. The average Bonchev–Trinajstić information content (AvgIpc) is 2.90. The van der Waals surface area contributed by atoms with Gasteiger partial charge in [0.15, 0.2) is 5.65 Å². The molecule has 3 aromatic rings. The monoisotopic (exact) mass is 289 g/mol. The lowest BCUT2D eigenvalue weighted by molar-refractivity contribution is 1.07. The zero-order valence-electron chi connectivity index (χ0n) is 10.4. The summed E-state index contributed by atoms with van der Waals surface area (Å²) in [5, 5.41) is 3.53. The standard InChI is InChI=1S/C12H12ClN7/c13-7-1-2-8(14)6(10(7)15)3-16-12-17-4-9-11(20-12)19-5-18-9/h1-2,4-5H,3,14-15H2,(H2,16,17,18,19,20). The Balaban J connectivity index is 1.84. The molecule has 1 aromatic carbocycles. The molecule has 0 saturated carbocycles. The molecule has 0 saturated heterocycles. The first kappa shape index (κ1) is 12.5. The normalized spacial score (nSPS) is 10.8. The number of hydrogen-bond donors (Lipinski definition) is 4. The van der Waals surface area contributed by atoms with Crippen LogP contribution in [0.15, 0.2) is 24.7 Å². The van der Waals surface area contributed by atoms with Crippen LogP contribution in [0.5, 0.6) is 0 Å². The quantitative estimate of drug-likeness (QED) is 0.546. The molecule has 8 heteroatoms. The van der Waals surface area contributed by atoms with Crippen LogP contribution in [0.25, 0.3) is 11.2 Å². The first-order valence-electron chi connectivity index (χ1n) is 5.87. The van der Waals surface area contributed by atoms with Gasteiger partial charge in [-0.25, -0.2) is 9.97 Å². The van der Waals surface area contributed by atoms with Gasteiger partial charge in [-0.3, -0.25) is 0 Å². The van der Waals surface area contributed by atoms with Crippen LogP contribution < -0.4 is 16.8 Å². The SMILES string of the molecule is Nc1ccc(Cl)c(N)c1CNc1ncc2[nH]cnc2n1. The number of nitrogens with zero attached hydrogens (tertiary/aromatic N) is 3. The predicted octanol–water partition coefficient (Wildman–Crippen LogP) is 1.78. The molecule has 0 amide bonds. The number of nitrogen functional groups attached to an aromatic ring is 2. The maximum atomic E-state index is 5.98. The Labute approximate surface area is 119 Å². The van der Waals surface area contributed by atoms with Gasteiger partial charge in [0.2, 0.25) is 5.95 Å². The molecule has 3 rings (SSSR count). The van der Waals surface area contributed by atoms with Gasteiger partial charge < -0.3 is 21.8 Å². The van der Waals surface area contributed by atoms with Crippen LogP contribution in [0.4, 0.5) is 17.3 Å². The second kappa shape index (κ2) is 4.86. The molecule has 0 unspecified atom stereocenters. The van der Waals surface area contributed by atoms with E-state index in [1.165, 1.54) is 0 Å². The lowest BCUT2D eigenvalue weighted by Crippen LogP contribution is -2.08. The van der Waals surface area contributed by atoms with Crippen molar-refractivity contribution >= 4 is 40.1 Å². The minimum absolute atomic E-state index is 0.383. The highest BCUT2D eigenvalue weighted by molar-refractivity contribution is 6.33.